The Morgan fingerprint density at radius 2 is 1.55 bits per heavy atom. The summed E-state index contributed by atoms with van der Waals surface area (Å²) in [6, 6.07) is 17.4. The molecule has 102 valence electrons. The second-order valence-corrected chi connectivity index (χ2v) is 5.47. The van der Waals surface area contributed by atoms with E-state index in [9.17, 15) is 4.39 Å². The summed E-state index contributed by atoms with van der Waals surface area (Å²) in [4.78, 5) is 0. The summed E-state index contributed by atoms with van der Waals surface area (Å²) in [5.41, 5.74) is 3.20. The predicted octanol–water partition coefficient (Wildman–Crippen LogP) is 5.56. The van der Waals surface area contributed by atoms with Gasteiger partial charge in [-0.3, -0.25) is 0 Å². The fraction of sp³-hybridized carbons (Fsp3) is 0.263. The van der Waals surface area contributed by atoms with Crippen LogP contribution in [-0.2, 0) is 0 Å². The molecule has 0 heterocycles. The quantitative estimate of drug-likeness (QED) is 0.638. The van der Waals surface area contributed by atoms with Gasteiger partial charge in [0, 0.05) is 5.56 Å². The predicted molar refractivity (Wildman–Crippen MR) is 82.7 cm³/mol. The van der Waals surface area contributed by atoms with Crippen molar-refractivity contribution >= 4 is 11.6 Å². The van der Waals surface area contributed by atoms with E-state index in [1.807, 2.05) is 24.3 Å². The molecule has 2 aromatic rings. The second kappa shape index (κ2) is 6.04. The maximum Gasteiger partial charge on any atom is 0.130 e. The maximum atomic E-state index is 13.9. The Balaban J connectivity index is 2.03. The molecule has 0 N–H and O–H groups in total. The minimum atomic E-state index is -0.140. The second-order valence-electron chi connectivity index (χ2n) is 5.47. The van der Waals surface area contributed by atoms with Gasteiger partial charge in [0.2, 0.25) is 0 Å². The zero-order valence-corrected chi connectivity index (χ0v) is 11.6. The topological polar surface area (TPSA) is 0 Å². The molecule has 0 saturated heterocycles. The van der Waals surface area contributed by atoms with Crippen molar-refractivity contribution in [1.82, 2.24) is 0 Å². The van der Waals surface area contributed by atoms with Gasteiger partial charge in [0.15, 0.2) is 0 Å². The summed E-state index contributed by atoms with van der Waals surface area (Å²) in [7, 11) is 0. The third kappa shape index (κ3) is 2.82. The van der Waals surface area contributed by atoms with E-state index in [2.05, 4.69) is 24.3 Å². The van der Waals surface area contributed by atoms with Crippen molar-refractivity contribution in [2.45, 2.75) is 25.7 Å². The molecule has 20 heavy (non-hydrogen) atoms. The Bertz CT molecular complexity index is 592. The molecule has 0 unspecified atom stereocenters. The lowest BCUT2D eigenvalue weighted by molar-refractivity contribution is 0.625. The van der Waals surface area contributed by atoms with E-state index in [0.717, 1.165) is 0 Å². The SMILES string of the molecule is Fc1ccccc1/C=C(\c1ccccc1)C1CCCC1. The average Bonchev–Trinajstić information content (AvgIpc) is 3.01. The highest BCUT2D eigenvalue weighted by atomic mass is 19.1. The fourth-order valence-corrected chi connectivity index (χ4v) is 3.06. The zero-order chi connectivity index (χ0) is 13.8. The Kier molecular flexibility index (Phi) is 3.96. The van der Waals surface area contributed by atoms with Crippen molar-refractivity contribution in [3.05, 3.63) is 71.5 Å². The van der Waals surface area contributed by atoms with E-state index >= 15 is 0 Å². The molecule has 0 bridgehead atoms. The molecule has 0 aliphatic heterocycles. The molecule has 1 heteroatoms. The third-order valence-corrected chi connectivity index (χ3v) is 4.12. The van der Waals surface area contributed by atoms with Gasteiger partial charge < -0.3 is 0 Å². The lowest BCUT2D eigenvalue weighted by atomic mass is 9.89. The van der Waals surface area contributed by atoms with Gasteiger partial charge >= 0.3 is 0 Å². The highest BCUT2D eigenvalue weighted by Gasteiger charge is 2.20. The van der Waals surface area contributed by atoms with Crippen LogP contribution in [0.4, 0.5) is 4.39 Å². The van der Waals surface area contributed by atoms with Crippen LogP contribution in [0.5, 0.6) is 0 Å². The van der Waals surface area contributed by atoms with Crippen LogP contribution in [0, 0.1) is 11.7 Å². The first-order valence-electron chi connectivity index (χ1n) is 7.36. The number of hydrogen-bond donors (Lipinski definition) is 0. The van der Waals surface area contributed by atoms with Gasteiger partial charge in [-0.25, -0.2) is 4.39 Å². The summed E-state index contributed by atoms with van der Waals surface area (Å²) < 4.78 is 13.9. The first kappa shape index (κ1) is 13.1. The number of halogens is 1. The fourth-order valence-electron chi connectivity index (χ4n) is 3.06. The normalized spacial score (nSPS) is 16.6. The number of rotatable bonds is 3. The van der Waals surface area contributed by atoms with Crippen molar-refractivity contribution in [2.75, 3.05) is 0 Å². The van der Waals surface area contributed by atoms with Crippen LogP contribution in [0.3, 0.4) is 0 Å². The van der Waals surface area contributed by atoms with Crippen molar-refractivity contribution in [1.29, 1.82) is 0 Å². The molecule has 3 rings (SSSR count). The molecular formula is C19H19F. The number of allylic oxidation sites excluding steroid dienone is 1. The summed E-state index contributed by atoms with van der Waals surface area (Å²) >= 11 is 0. The molecule has 2 aromatic carbocycles. The Morgan fingerprint density at radius 3 is 2.25 bits per heavy atom. The largest absolute Gasteiger partial charge is 0.206 e. The van der Waals surface area contributed by atoms with E-state index in [1.54, 1.807) is 6.07 Å². The third-order valence-electron chi connectivity index (χ3n) is 4.12. The Labute approximate surface area is 120 Å². The van der Waals surface area contributed by atoms with Crippen molar-refractivity contribution in [2.24, 2.45) is 5.92 Å². The van der Waals surface area contributed by atoms with Gasteiger partial charge in [-0.1, -0.05) is 61.4 Å². The molecule has 0 radical (unpaired) electrons. The molecule has 0 aromatic heterocycles. The summed E-state index contributed by atoms with van der Waals surface area (Å²) in [5, 5.41) is 0. The lowest BCUT2D eigenvalue weighted by Crippen LogP contribution is -1.98. The Hall–Kier alpha value is -1.89. The number of hydrogen-bond acceptors (Lipinski definition) is 0. The standard InChI is InChI=1S/C19H19F/c20-19-13-7-6-12-17(19)14-18(16-10-4-5-11-16)15-8-2-1-3-9-15/h1-3,6-9,12-14,16H,4-5,10-11H2/b18-14+. The van der Waals surface area contributed by atoms with Gasteiger partial charge in [-0.2, -0.15) is 0 Å². The van der Waals surface area contributed by atoms with E-state index in [0.29, 0.717) is 11.5 Å². The summed E-state index contributed by atoms with van der Waals surface area (Å²) in [5.74, 6) is 0.427. The molecule has 1 saturated carbocycles. The van der Waals surface area contributed by atoms with Gasteiger partial charge in [-0.15, -0.1) is 0 Å². The molecule has 0 nitrogen and oxygen atoms in total. The smallest absolute Gasteiger partial charge is 0.130 e. The monoisotopic (exact) mass is 266 g/mol. The van der Waals surface area contributed by atoms with Gasteiger partial charge in [0.1, 0.15) is 5.82 Å². The molecule has 1 aliphatic rings. The van der Waals surface area contributed by atoms with E-state index < -0.39 is 0 Å². The van der Waals surface area contributed by atoms with E-state index in [4.69, 9.17) is 0 Å². The zero-order valence-electron chi connectivity index (χ0n) is 11.6. The summed E-state index contributed by atoms with van der Waals surface area (Å²) in [6.45, 7) is 0. The van der Waals surface area contributed by atoms with Crippen LogP contribution >= 0.6 is 0 Å². The lowest BCUT2D eigenvalue weighted by Gasteiger charge is -2.15. The van der Waals surface area contributed by atoms with Gasteiger partial charge in [0.05, 0.1) is 0 Å². The maximum absolute atomic E-state index is 13.9. The van der Waals surface area contributed by atoms with Crippen LogP contribution in [0.2, 0.25) is 0 Å². The van der Waals surface area contributed by atoms with Crippen LogP contribution in [-0.4, -0.2) is 0 Å². The van der Waals surface area contributed by atoms with Crippen LogP contribution in [0.15, 0.2) is 54.6 Å². The minimum absolute atomic E-state index is 0.140. The first-order chi connectivity index (χ1) is 9.84. The van der Waals surface area contributed by atoms with Crippen LogP contribution < -0.4 is 0 Å². The molecule has 0 amide bonds. The van der Waals surface area contributed by atoms with Crippen molar-refractivity contribution in [3.63, 3.8) is 0 Å². The molecule has 0 atom stereocenters. The van der Waals surface area contributed by atoms with Gasteiger partial charge in [0.25, 0.3) is 0 Å². The Morgan fingerprint density at radius 1 is 0.900 bits per heavy atom. The summed E-state index contributed by atoms with van der Waals surface area (Å²) in [6.07, 6.45) is 7.04. The van der Waals surface area contributed by atoms with Gasteiger partial charge in [-0.05, 0) is 42.0 Å². The molecule has 1 fully saturated rings. The van der Waals surface area contributed by atoms with Crippen LogP contribution in [0.25, 0.3) is 11.6 Å². The highest BCUT2D eigenvalue weighted by molar-refractivity contribution is 5.83. The molecule has 0 spiro atoms. The minimum Gasteiger partial charge on any atom is -0.206 e. The molecular weight excluding hydrogens is 247 g/mol. The van der Waals surface area contributed by atoms with E-state index in [1.165, 1.54) is 42.9 Å². The first-order valence-corrected chi connectivity index (χ1v) is 7.36. The van der Waals surface area contributed by atoms with Crippen molar-refractivity contribution < 1.29 is 4.39 Å². The highest BCUT2D eigenvalue weighted by Crippen LogP contribution is 2.37. The van der Waals surface area contributed by atoms with Crippen LogP contribution in [0.1, 0.15) is 36.8 Å². The van der Waals surface area contributed by atoms with Crippen molar-refractivity contribution in [3.8, 4) is 0 Å². The van der Waals surface area contributed by atoms with E-state index in [-0.39, 0.29) is 5.82 Å². The average molecular weight is 266 g/mol. The number of benzene rings is 2. The molecule has 1 aliphatic carbocycles.